The lowest BCUT2D eigenvalue weighted by Gasteiger charge is -2.09. The van der Waals surface area contributed by atoms with Gasteiger partial charge in [0.2, 0.25) is 0 Å². The fourth-order valence-corrected chi connectivity index (χ4v) is 3.94. The topological polar surface area (TPSA) is 41.8 Å². The van der Waals surface area contributed by atoms with Crippen LogP contribution in [0, 0.1) is 13.8 Å². The lowest BCUT2D eigenvalue weighted by Crippen LogP contribution is -1.99. The Hall–Kier alpha value is -2.58. The molecule has 0 bridgehead atoms. The number of rotatable bonds is 5. The van der Waals surface area contributed by atoms with Crippen LogP contribution in [0.2, 0.25) is 0 Å². The van der Waals surface area contributed by atoms with E-state index >= 15 is 0 Å². The molecule has 132 valence electrons. The molecule has 26 heavy (non-hydrogen) atoms. The molecule has 0 atom stereocenters. The van der Waals surface area contributed by atoms with Crippen molar-refractivity contribution in [1.82, 2.24) is 4.98 Å². The van der Waals surface area contributed by atoms with Gasteiger partial charge < -0.3 is 10.7 Å². The highest BCUT2D eigenvalue weighted by Gasteiger charge is 2.16. The predicted octanol–water partition coefficient (Wildman–Crippen LogP) is 5.89. The molecule has 0 aliphatic carbocycles. The van der Waals surface area contributed by atoms with Gasteiger partial charge in [-0.1, -0.05) is 54.6 Å². The number of hydrogen-bond donors (Lipinski definition) is 2. The third-order valence-electron chi connectivity index (χ3n) is 5.55. The Morgan fingerprint density at radius 1 is 0.846 bits per heavy atom. The van der Waals surface area contributed by atoms with Crippen LogP contribution >= 0.6 is 0 Å². The summed E-state index contributed by atoms with van der Waals surface area (Å²) in [7, 11) is 0. The monoisotopic (exact) mass is 342 g/mol. The molecule has 0 aliphatic rings. The minimum atomic E-state index is 0.754. The summed E-state index contributed by atoms with van der Waals surface area (Å²) in [5, 5.41) is 3.94. The highest BCUT2D eigenvalue weighted by molar-refractivity contribution is 6.01. The Labute approximate surface area is 155 Å². The van der Waals surface area contributed by atoms with Crippen LogP contribution in [0.4, 0.5) is 0 Å². The minimum Gasteiger partial charge on any atom is -0.354 e. The summed E-state index contributed by atoms with van der Waals surface area (Å²) in [5.41, 5.74) is 13.7. The lowest BCUT2D eigenvalue weighted by molar-refractivity contribution is 0.748. The van der Waals surface area contributed by atoms with Crippen molar-refractivity contribution in [2.75, 3.05) is 6.54 Å². The molecule has 4 rings (SSSR count). The number of nitrogens with one attached hydrogen (secondary N) is 1. The van der Waals surface area contributed by atoms with E-state index in [1.807, 2.05) is 0 Å². The first-order valence-corrected chi connectivity index (χ1v) is 9.49. The van der Waals surface area contributed by atoms with Crippen molar-refractivity contribution in [2.45, 2.75) is 33.1 Å². The van der Waals surface area contributed by atoms with E-state index in [9.17, 15) is 0 Å². The van der Waals surface area contributed by atoms with Gasteiger partial charge in [-0.3, -0.25) is 0 Å². The molecule has 4 aromatic rings. The number of benzene rings is 3. The third-order valence-corrected chi connectivity index (χ3v) is 5.55. The van der Waals surface area contributed by atoms with Crippen LogP contribution in [0.25, 0.3) is 32.9 Å². The minimum absolute atomic E-state index is 0.754. The van der Waals surface area contributed by atoms with Crippen molar-refractivity contribution in [2.24, 2.45) is 5.73 Å². The molecule has 0 aliphatic heterocycles. The van der Waals surface area contributed by atoms with Crippen molar-refractivity contribution in [3.63, 3.8) is 0 Å². The third kappa shape index (κ3) is 2.81. The summed E-state index contributed by atoms with van der Waals surface area (Å²) in [6.45, 7) is 5.15. The molecule has 0 amide bonds. The summed E-state index contributed by atoms with van der Waals surface area (Å²) in [6.07, 6.45) is 3.24. The van der Waals surface area contributed by atoms with Crippen LogP contribution in [0.15, 0.2) is 54.6 Å². The molecule has 3 N–H and O–H groups in total. The van der Waals surface area contributed by atoms with Gasteiger partial charge in [0.15, 0.2) is 0 Å². The molecule has 2 heteroatoms. The summed E-state index contributed by atoms with van der Waals surface area (Å²) in [6, 6.07) is 19.7. The smallest absolute Gasteiger partial charge is 0.0503 e. The molecule has 0 unspecified atom stereocenters. The number of fused-ring (bicyclic) bond motifs is 2. The Morgan fingerprint density at radius 2 is 1.65 bits per heavy atom. The second-order valence-corrected chi connectivity index (χ2v) is 7.18. The van der Waals surface area contributed by atoms with Crippen molar-refractivity contribution in [3.8, 4) is 11.3 Å². The van der Waals surface area contributed by atoms with E-state index in [-0.39, 0.29) is 0 Å². The molecule has 1 aromatic heterocycles. The van der Waals surface area contributed by atoms with Crippen LogP contribution in [-0.4, -0.2) is 11.5 Å². The number of aryl methyl sites for hydroxylation is 3. The zero-order chi connectivity index (χ0) is 18.1. The molecule has 0 fully saturated rings. The van der Waals surface area contributed by atoms with E-state index in [1.54, 1.807) is 0 Å². The average molecular weight is 342 g/mol. The molecule has 1 heterocycles. The van der Waals surface area contributed by atoms with E-state index in [2.05, 4.69) is 73.4 Å². The average Bonchev–Trinajstić information content (AvgIpc) is 3.04. The van der Waals surface area contributed by atoms with Gasteiger partial charge in [-0.25, -0.2) is 0 Å². The van der Waals surface area contributed by atoms with Gasteiger partial charge in [0.05, 0.1) is 5.69 Å². The fourth-order valence-electron chi connectivity index (χ4n) is 3.94. The van der Waals surface area contributed by atoms with Crippen molar-refractivity contribution in [1.29, 1.82) is 0 Å². The number of H-pyrrole nitrogens is 1. The Morgan fingerprint density at radius 3 is 2.50 bits per heavy atom. The molecule has 0 spiro atoms. The zero-order valence-corrected chi connectivity index (χ0v) is 15.6. The van der Waals surface area contributed by atoms with Gasteiger partial charge in [0, 0.05) is 16.5 Å². The SMILES string of the molecule is Cc1ccc2c(CCCCN)c(-c3cccc4ccccc34)[nH]c2c1C. The van der Waals surface area contributed by atoms with Crippen LogP contribution < -0.4 is 5.73 Å². The molecule has 0 saturated heterocycles. The van der Waals surface area contributed by atoms with Gasteiger partial charge >= 0.3 is 0 Å². The van der Waals surface area contributed by atoms with Gasteiger partial charge in [-0.15, -0.1) is 0 Å². The number of hydrogen-bond acceptors (Lipinski definition) is 1. The fraction of sp³-hybridized carbons (Fsp3) is 0.250. The van der Waals surface area contributed by atoms with E-state index in [0.717, 1.165) is 25.8 Å². The van der Waals surface area contributed by atoms with Crippen LogP contribution in [0.3, 0.4) is 0 Å². The van der Waals surface area contributed by atoms with Crippen LogP contribution in [0.1, 0.15) is 29.5 Å². The molecule has 2 nitrogen and oxygen atoms in total. The number of aromatic amines is 1. The van der Waals surface area contributed by atoms with Crippen LogP contribution in [-0.2, 0) is 6.42 Å². The zero-order valence-electron chi connectivity index (χ0n) is 15.6. The largest absolute Gasteiger partial charge is 0.354 e. The standard InChI is InChI=1S/C24H26N2/c1-16-13-14-22-21(11-5-6-15-25)24(26-23(22)17(16)2)20-12-7-9-18-8-3-4-10-19(18)20/h3-4,7-10,12-14,26H,5-6,11,15,25H2,1-2H3. The Balaban J connectivity index is 1.98. The second kappa shape index (κ2) is 6.97. The summed E-state index contributed by atoms with van der Waals surface area (Å²) in [4.78, 5) is 3.78. The van der Waals surface area contributed by atoms with Gasteiger partial charge in [-0.2, -0.15) is 0 Å². The predicted molar refractivity (Wildman–Crippen MR) is 113 cm³/mol. The number of aromatic nitrogens is 1. The molecule has 3 aromatic carbocycles. The second-order valence-electron chi connectivity index (χ2n) is 7.18. The van der Waals surface area contributed by atoms with E-state index in [1.165, 1.54) is 49.6 Å². The quantitative estimate of drug-likeness (QED) is 0.436. The van der Waals surface area contributed by atoms with Crippen molar-refractivity contribution < 1.29 is 0 Å². The normalized spacial score (nSPS) is 11.5. The summed E-state index contributed by atoms with van der Waals surface area (Å²) in [5.74, 6) is 0. The highest BCUT2D eigenvalue weighted by Crippen LogP contribution is 2.37. The molecular formula is C24H26N2. The molecule has 0 radical (unpaired) electrons. The first-order chi connectivity index (χ1) is 12.7. The summed E-state index contributed by atoms with van der Waals surface area (Å²) < 4.78 is 0. The molecular weight excluding hydrogens is 316 g/mol. The number of unbranched alkanes of at least 4 members (excludes halogenated alkanes) is 1. The van der Waals surface area contributed by atoms with Gasteiger partial charge in [-0.05, 0) is 67.1 Å². The number of nitrogens with two attached hydrogens (primary N) is 1. The maximum atomic E-state index is 5.74. The lowest BCUT2D eigenvalue weighted by atomic mass is 9.95. The van der Waals surface area contributed by atoms with Crippen molar-refractivity contribution in [3.05, 3.63) is 71.3 Å². The van der Waals surface area contributed by atoms with E-state index in [4.69, 9.17) is 5.73 Å². The van der Waals surface area contributed by atoms with Gasteiger partial charge in [0.25, 0.3) is 0 Å². The first kappa shape index (κ1) is 16.9. The molecule has 0 saturated carbocycles. The van der Waals surface area contributed by atoms with Gasteiger partial charge in [0.1, 0.15) is 0 Å². The highest BCUT2D eigenvalue weighted by atomic mass is 14.7. The Bertz CT molecular complexity index is 1070. The summed E-state index contributed by atoms with van der Waals surface area (Å²) >= 11 is 0. The van der Waals surface area contributed by atoms with Crippen molar-refractivity contribution >= 4 is 21.7 Å². The van der Waals surface area contributed by atoms with Crippen LogP contribution in [0.5, 0.6) is 0 Å². The van der Waals surface area contributed by atoms with E-state index < -0.39 is 0 Å². The first-order valence-electron chi connectivity index (χ1n) is 9.49. The maximum absolute atomic E-state index is 5.74. The Kier molecular flexibility index (Phi) is 4.52. The van der Waals surface area contributed by atoms with E-state index in [0.29, 0.717) is 0 Å². The maximum Gasteiger partial charge on any atom is 0.0503 e.